The zero-order chi connectivity index (χ0) is 13.8. The van der Waals surface area contributed by atoms with Crippen LogP contribution in [-0.4, -0.2) is 29.9 Å². The Hall–Kier alpha value is -2.50. The quantitative estimate of drug-likeness (QED) is 0.909. The van der Waals surface area contributed by atoms with Gasteiger partial charge in [0.05, 0.1) is 19.8 Å². The minimum absolute atomic E-state index is 0.297. The maximum absolute atomic E-state index is 12.2. The van der Waals surface area contributed by atoms with Gasteiger partial charge in [-0.15, -0.1) is 0 Å². The third kappa shape index (κ3) is 2.67. The minimum atomic E-state index is -0.297. The Morgan fingerprint density at radius 3 is 2.63 bits per heavy atom. The van der Waals surface area contributed by atoms with E-state index in [1.165, 1.54) is 14.2 Å². The number of carbonyl (C=O) groups excluding carboxylic acids is 1. The molecule has 2 aromatic rings. The van der Waals surface area contributed by atoms with E-state index in [0.29, 0.717) is 22.9 Å². The van der Waals surface area contributed by atoms with Gasteiger partial charge in [0.15, 0.2) is 17.3 Å². The largest absolute Gasteiger partial charge is 0.493 e. The second-order valence-corrected chi connectivity index (χ2v) is 3.87. The summed E-state index contributed by atoms with van der Waals surface area (Å²) in [6, 6.07) is 6.84. The predicted molar refractivity (Wildman–Crippen MR) is 70.7 cm³/mol. The van der Waals surface area contributed by atoms with Crippen LogP contribution in [0.2, 0.25) is 0 Å². The smallest absolute Gasteiger partial charge is 0.260 e. The maximum Gasteiger partial charge on any atom is 0.260 e. The lowest BCUT2D eigenvalue weighted by Gasteiger charge is -2.11. The summed E-state index contributed by atoms with van der Waals surface area (Å²) in [6.45, 7) is 0. The van der Waals surface area contributed by atoms with E-state index in [1.807, 2.05) is 0 Å². The number of rotatable bonds is 4. The first-order valence-electron chi connectivity index (χ1n) is 5.67. The molecule has 0 aliphatic rings. The average molecular weight is 261 g/mol. The van der Waals surface area contributed by atoms with Gasteiger partial charge in [-0.3, -0.25) is 9.48 Å². The summed E-state index contributed by atoms with van der Waals surface area (Å²) in [6.07, 6.45) is 1.75. The van der Waals surface area contributed by atoms with Crippen molar-refractivity contribution in [2.45, 2.75) is 0 Å². The van der Waals surface area contributed by atoms with Crippen molar-refractivity contribution in [1.82, 2.24) is 9.78 Å². The van der Waals surface area contributed by atoms with Crippen LogP contribution in [0.25, 0.3) is 0 Å². The fraction of sp³-hybridized carbons (Fsp3) is 0.231. The van der Waals surface area contributed by atoms with Gasteiger partial charge in [-0.2, -0.15) is 5.10 Å². The van der Waals surface area contributed by atoms with Crippen LogP contribution in [0.3, 0.4) is 0 Å². The zero-order valence-corrected chi connectivity index (χ0v) is 11.0. The normalized spacial score (nSPS) is 10.1. The molecule has 0 bridgehead atoms. The van der Waals surface area contributed by atoms with Gasteiger partial charge in [-0.1, -0.05) is 6.07 Å². The van der Waals surface area contributed by atoms with Crippen LogP contribution < -0.4 is 14.8 Å². The lowest BCUT2D eigenvalue weighted by molar-refractivity contribution is 0.102. The highest BCUT2D eigenvalue weighted by Gasteiger charge is 2.16. The van der Waals surface area contributed by atoms with E-state index in [9.17, 15) is 4.79 Å². The third-order valence-electron chi connectivity index (χ3n) is 2.60. The maximum atomic E-state index is 12.2. The molecule has 0 radical (unpaired) electrons. The van der Waals surface area contributed by atoms with Crippen LogP contribution >= 0.6 is 0 Å². The number of hydrogen-bond donors (Lipinski definition) is 1. The SMILES string of the molecule is COc1cccc(C(=O)Nc2ccn(C)n2)c1OC. The van der Waals surface area contributed by atoms with Crippen LogP contribution in [0.15, 0.2) is 30.5 Å². The molecule has 0 saturated heterocycles. The number of carbonyl (C=O) groups is 1. The Morgan fingerprint density at radius 1 is 1.26 bits per heavy atom. The van der Waals surface area contributed by atoms with Crippen molar-refractivity contribution in [3.05, 3.63) is 36.0 Å². The van der Waals surface area contributed by atoms with Crippen molar-refractivity contribution in [3.8, 4) is 11.5 Å². The van der Waals surface area contributed by atoms with Gasteiger partial charge in [0.25, 0.3) is 5.91 Å². The number of hydrogen-bond acceptors (Lipinski definition) is 4. The molecule has 2 rings (SSSR count). The van der Waals surface area contributed by atoms with Crippen molar-refractivity contribution in [3.63, 3.8) is 0 Å². The molecule has 6 nitrogen and oxygen atoms in total. The molecule has 6 heteroatoms. The van der Waals surface area contributed by atoms with Gasteiger partial charge in [0.2, 0.25) is 0 Å². The third-order valence-corrected chi connectivity index (χ3v) is 2.60. The second-order valence-electron chi connectivity index (χ2n) is 3.87. The monoisotopic (exact) mass is 261 g/mol. The Morgan fingerprint density at radius 2 is 2.05 bits per heavy atom. The van der Waals surface area contributed by atoms with Gasteiger partial charge in [-0.25, -0.2) is 0 Å². The molecule has 1 heterocycles. The van der Waals surface area contributed by atoms with E-state index in [2.05, 4.69) is 10.4 Å². The highest BCUT2D eigenvalue weighted by atomic mass is 16.5. The minimum Gasteiger partial charge on any atom is -0.493 e. The number of aromatic nitrogens is 2. The number of amides is 1. The van der Waals surface area contributed by atoms with E-state index >= 15 is 0 Å². The summed E-state index contributed by atoms with van der Waals surface area (Å²) >= 11 is 0. The molecule has 0 aliphatic heterocycles. The molecular formula is C13H15N3O3. The highest BCUT2D eigenvalue weighted by molar-refractivity contribution is 6.06. The van der Waals surface area contributed by atoms with Gasteiger partial charge in [-0.05, 0) is 12.1 Å². The number of anilines is 1. The van der Waals surface area contributed by atoms with Gasteiger partial charge in [0.1, 0.15) is 0 Å². The zero-order valence-electron chi connectivity index (χ0n) is 11.0. The molecule has 19 heavy (non-hydrogen) atoms. The van der Waals surface area contributed by atoms with E-state index in [4.69, 9.17) is 9.47 Å². The first-order chi connectivity index (χ1) is 9.15. The Bertz CT molecular complexity index is 593. The summed E-state index contributed by atoms with van der Waals surface area (Å²) in [7, 11) is 4.80. The van der Waals surface area contributed by atoms with Crippen LogP contribution in [-0.2, 0) is 7.05 Å². The summed E-state index contributed by atoms with van der Waals surface area (Å²) in [5, 5.41) is 6.79. The molecule has 0 saturated carbocycles. The van der Waals surface area contributed by atoms with E-state index in [0.717, 1.165) is 0 Å². The Kier molecular flexibility index (Phi) is 3.70. The van der Waals surface area contributed by atoms with E-state index in [1.54, 1.807) is 42.2 Å². The Labute approximate surface area is 110 Å². The van der Waals surface area contributed by atoms with Crippen LogP contribution in [0.5, 0.6) is 11.5 Å². The fourth-order valence-corrected chi connectivity index (χ4v) is 1.73. The topological polar surface area (TPSA) is 65.4 Å². The molecule has 1 N–H and O–H groups in total. The van der Waals surface area contributed by atoms with Crippen molar-refractivity contribution >= 4 is 11.7 Å². The first-order valence-corrected chi connectivity index (χ1v) is 5.67. The fourth-order valence-electron chi connectivity index (χ4n) is 1.73. The molecule has 0 fully saturated rings. The van der Waals surface area contributed by atoms with Crippen LogP contribution in [0.1, 0.15) is 10.4 Å². The van der Waals surface area contributed by atoms with Gasteiger partial charge >= 0.3 is 0 Å². The number of para-hydroxylation sites is 1. The van der Waals surface area contributed by atoms with Crippen LogP contribution in [0, 0.1) is 0 Å². The standard InChI is InChI=1S/C13H15N3O3/c1-16-8-7-11(15-16)14-13(17)9-5-4-6-10(18-2)12(9)19-3/h4-8H,1-3H3,(H,14,15,17). The predicted octanol–water partition coefficient (Wildman–Crippen LogP) is 1.69. The van der Waals surface area contributed by atoms with Gasteiger partial charge < -0.3 is 14.8 Å². The number of methoxy groups -OCH3 is 2. The lowest BCUT2D eigenvalue weighted by Crippen LogP contribution is -2.14. The summed E-state index contributed by atoms with van der Waals surface area (Å²) in [4.78, 5) is 12.2. The van der Waals surface area contributed by atoms with Crippen LogP contribution in [0.4, 0.5) is 5.82 Å². The summed E-state index contributed by atoms with van der Waals surface area (Å²) in [5.41, 5.74) is 0.396. The van der Waals surface area contributed by atoms with Crippen molar-refractivity contribution in [2.24, 2.45) is 7.05 Å². The van der Waals surface area contributed by atoms with Crippen molar-refractivity contribution in [1.29, 1.82) is 0 Å². The number of nitrogens with zero attached hydrogens (tertiary/aromatic N) is 2. The molecule has 0 aliphatic carbocycles. The van der Waals surface area contributed by atoms with Gasteiger partial charge in [0, 0.05) is 19.3 Å². The number of nitrogens with one attached hydrogen (secondary N) is 1. The van der Waals surface area contributed by atoms with E-state index < -0.39 is 0 Å². The molecule has 100 valence electrons. The molecular weight excluding hydrogens is 246 g/mol. The number of benzene rings is 1. The lowest BCUT2D eigenvalue weighted by atomic mass is 10.1. The molecule has 1 aromatic heterocycles. The van der Waals surface area contributed by atoms with Crippen molar-refractivity contribution < 1.29 is 14.3 Å². The summed E-state index contributed by atoms with van der Waals surface area (Å²) < 4.78 is 12.0. The molecule has 1 amide bonds. The van der Waals surface area contributed by atoms with E-state index in [-0.39, 0.29) is 5.91 Å². The highest BCUT2D eigenvalue weighted by Crippen LogP contribution is 2.30. The Balaban J connectivity index is 2.28. The molecule has 0 atom stereocenters. The molecule has 1 aromatic carbocycles. The first kappa shape index (κ1) is 12.9. The van der Waals surface area contributed by atoms with Crippen molar-refractivity contribution in [2.75, 3.05) is 19.5 Å². The average Bonchev–Trinajstić information content (AvgIpc) is 2.82. The second kappa shape index (κ2) is 5.43. The molecule has 0 spiro atoms. The number of aryl methyl sites for hydroxylation is 1. The molecule has 0 unspecified atom stereocenters. The summed E-state index contributed by atoms with van der Waals surface area (Å²) in [5.74, 6) is 1.10. The number of ether oxygens (including phenoxy) is 2.